The fourth-order valence-electron chi connectivity index (χ4n) is 3.26. The highest BCUT2D eigenvalue weighted by molar-refractivity contribution is 5.78. The van der Waals surface area contributed by atoms with Crippen molar-refractivity contribution >= 4 is 17.8 Å². The van der Waals surface area contributed by atoms with Crippen molar-refractivity contribution in [2.75, 3.05) is 44.8 Å². The molecule has 1 atom stereocenters. The molecule has 3 heterocycles. The summed E-state index contributed by atoms with van der Waals surface area (Å²) in [6.07, 6.45) is 4.74. The Morgan fingerprint density at radius 1 is 1.31 bits per heavy atom. The Morgan fingerprint density at radius 2 is 2.12 bits per heavy atom. The van der Waals surface area contributed by atoms with E-state index in [0.29, 0.717) is 19.7 Å². The van der Waals surface area contributed by atoms with Crippen LogP contribution in [0.25, 0.3) is 0 Å². The lowest BCUT2D eigenvalue weighted by Gasteiger charge is -2.31. The lowest BCUT2D eigenvalue weighted by molar-refractivity contribution is -0.158. The summed E-state index contributed by atoms with van der Waals surface area (Å²) < 4.78 is 10.0. The van der Waals surface area contributed by atoms with E-state index in [1.165, 1.54) is 26.4 Å². The van der Waals surface area contributed by atoms with E-state index in [0.717, 1.165) is 24.5 Å². The quantitative estimate of drug-likeness (QED) is 0.809. The summed E-state index contributed by atoms with van der Waals surface area (Å²) in [4.78, 5) is 32.3. The third-order valence-corrected chi connectivity index (χ3v) is 4.75. The third kappa shape index (κ3) is 4.63. The number of anilines is 1. The van der Waals surface area contributed by atoms with Crippen LogP contribution in [-0.2, 0) is 20.8 Å². The summed E-state index contributed by atoms with van der Waals surface area (Å²) in [5.74, 6) is 0.511. The largest absolute Gasteiger partial charge is 0.467 e. The molecule has 0 bridgehead atoms. The number of morpholine rings is 1. The van der Waals surface area contributed by atoms with Crippen molar-refractivity contribution in [2.24, 2.45) is 0 Å². The number of hydrogen-bond donors (Lipinski definition) is 1. The highest BCUT2D eigenvalue weighted by Gasteiger charge is 2.29. The fourth-order valence-corrected chi connectivity index (χ4v) is 3.26. The molecule has 0 aliphatic carbocycles. The lowest BCUT2D eigenvalue weighted by Crippen LogP contribution is -2.51. The Bertz CT molecular complexity index is 633. The van der Waals surface area contributed by atoms with Crippen LogP contribution in [0.1, 0.15) is 24.8 Å². The second-order valence-electron chi connectivity index (χ2n) is 6.56. The second-order valence-corrected chi connectivity index (χ2v) is 6.56. The SMILES string of the molecule is COC(=O)C1CN(C(=O)NCc2ccnc(N3CCCCC3)c2)CCO1. The Labute approximate surface area is 153 Å². The minimum atomic E-state index is -0.717. The van der Waals surface area contributed by atoms with Gasteiger partial charge >= 0.3 is 12.0 Å². The molecule has 2 fully saturated rings. The van der Waals surface area contributed by atoms with E-state index in [9.17, 15) is 9.59 Å². The van der Waals surface area contributed by atoms with Gasteiger partial charge in [-0.05, 0) is 37.0 Å². The first kappa shape index (κ1) is 18.4. The Morgan fingerprint density at radius 3 is 2.88 bits per heavy atom. The number of piperidine rings is 1. The van der Waals surface area contributed by atoms with Crippen molar-refractivity contribution < 1.29 is 19.1 Å². The predicted octanol–water partition coefficient (Wildman–Crippen LogP) is 1.16. The van der Waals surface area contributed by atoms with Crippen LogP contribution in [0.5, 0.6) is 0 Å². The molecule has 3 rings (SSSR count). The Balaban J connectivity index is 1.53. The molecule has 0 radical (unpaired) electrons. The van der Waals surface area contributed by atoms with E-state index in [4.69, 9.17) is 4.74 Å². The Hall–Kier alpha value is -2.35. The zero-order chi connectivity index (χ0) is 18.4. The smallest absolute Gasteiger partial charge is 0.336 e. The average molecular weight is 362 g/mol. The number of amides is 2. The monoisotopic (exact) mass is 362 g/mol. The van der Waals surface area contributed by atoms with Crippen molar-refractivity contribution in [3.05, 3.63) is 23.9 Å². The summed E-state index contributed by atoms with van der Waals surface area (Å²) in [6, 6.07) is 3.73. The molecule has 8 nitrogen and oxygen atoms in total. The van der Waals surface area contributed by atoms with E-state index in [1.807, 2.05) is 12.1 Å². The van der Waals surface area contributed by atoms with Gasteiger partial charge < -0.3 is 24.6 Å². The molecule has 0 aromatic carbocycles. The van der Waals surface area contributed by atoms with Crippen LogP contribution in [0.3, 0.4) is 0 Å². The van der Waals surface area contributed by atoms with Crippen LogP contribution >= 0.6 is 0 Å². The molecule has 2 aliphatic heterocycles. The molecule has 142 valence electrons. The number of methoxy groups -OCH3 is 1. The minimum Gasteiger partial charge on any atom is -0.467 e. The number of hydrogen-bond acceptors (Lipinski definition) is 6. The summed E-state index contributed by atoms with van der Waals surface area (Å²) in [5.41, 5.74) is 1.01. The first-order chi connectivity index (χ1) is 12.7. The molecule has 1 N–H and O–H groups in total. The number of urea groups is 1. The topological polar surface area (TPSA) is 84.0 Å². The van der Waals surface area contributed by atoms with Gasteiger partial charge in [0.05, 0.1) is 20.3 Å². The summed E-state index contributed by atoms with van der Waals surface area (Å²) >= 11 is 0. The third-order valence-electron chi connectivity index (χ3n) is 4.75. The van der Waals surface area contributed by atoms with E-state index in [2.05, 4.69) is 19.9 Å². The Kier molecular flexibility index (Phi) is 6.27. The summed E-state index contributed by atoms with van der Waals surface area (Å²) in [6.45, 7) is 3.46. The number of carbonyl (C=O) groups is 2. The zero-order valence-corrected chi connectivity index (χ0v) is 15.1. The van der Waals surface area contributed by atoms with E-state index < -0.39 is 12.1 Å². The van der Waals surface area contributed by atoms with Crippen LogP contribution in [0.2, 0.25) is 0 Å². The number of pyridine rings is 1. The van der Waals surface area contributed by atoms with Gasteiger partial charge in [0.2, 0.25) is 0 Å². The van der Waals surface area contributed by atoms with Gasteiger partial charge in [0.25, 0.3) is 0 Å². The first-order valence-electron chi connectivity index (χ1n) is 9.09. The zero-order valence-electron chi connectivity index (χ0n) is 15.1. The van der Waals surface area contributed by atoms with Gasteiger partial charge in [0.15, 0.2) is 6.10 Å². The van der Waals surface area contributed by atoms with Gasteiger partial charge in [0, 0.05) is 32.4 Å². The van der Waals surface area contributed by atoms with Crippen LogP contribution in [0.15, 0.2) is 18.3 Å². The normalized spacial score (nSPS) is 20.6. The van der Waals surface area contributed by atoms with Gasteiger partial charge in [0.1, 0.15) is 5.82 Å². The van der Waals surface area contributed by atoms with Gasteiger partial charge in [-0.2, -0.15) is 0 Å². The van der Waals surface area contributed by atoms with Gasteiger partial charge in [-0.25, -0.2) is 14.6 Å². The number of aromatic nitrogens is 1. The predicted molar refractivity (Wildman–Crippen MR) is 95.9 cm³/mol. The lowest BCUT2D eigenvalue weighted by atomic mass is 10.1. The highest BCUT2D eigenvalue weighted by Crippen LogP contribution is 2.18. The molecule has 1 aromatic heterocycles. The standard InChI is InChI=1S/C18H26N4O4/c1-25-17(23)15-13-22(9-10-26-15)18(24)20-12-14-5-6-19-16(11-14)21-7-3-2-4-8-21/h5-6,11,15H,2-4,7-10,12-13H2,1H3,(H,20,24). The molecule has 26 heavy (non-hydrogen) atoms. The summed E-state index contributed by atoms with van der Waals surface area (Å²) in [5, 5.41) is 2.91. The molecule has 2 saturated heterocycles. The molecule has 2 amide bonds. The molecule has 1 unspecified atom stereocenters. The van der Waals surface area contributed by atoms with Gasteiger partial charge in [-0.3, -0.25) is 0 Å². The van der Waals surface area contributed by atoms with E-state index >= 15 is 0 Å². The van der Waals surface area contributed by atoms with E-state index in [1.54, 1.807) is 11.1 Å². The van der Waals surface area contributed by atoms with Crippen molar-refractivity contribution in [1.82, 2.24) is 15.2 Å². The molecule has 8 heteroatoms. The number of esters is 1. The summed E-state index contributed by atoms with van der Waals surface area (Å²) in [7, 11) is 1.31. The van der Waals surface area contributed by atoms with Crippen LogP contribution in [0.4, 0.5) is 10.6 Å². The fraction of sp³-hybridized carbons (Fsp3) is 0.611. The number of ether oxygens (including phenoxy) is 2. The molecule has 0 spiro atoms. The maximum absolute atomic E-state index is 12.4. The molecule has 1 aromatic rings. The van der Waals surface area contributed by atoms with E-state index in [-0.39, 0.29) is 12.6 Å². The minimum absolute atomic E-state index is 0.202. The van der Waals surface area contributed by atoms with Crippen LogP contribution in [-0.4, -0.2) is 67.9 Å². The molecular formula is C18H26N4O4. The number of nitrogens with zero attached hydrogens (tertiary/aromatic N) is 3. The first-order valence-corrected chi connectivity index (χ1v) is 9.09. The molecule has 2 aliphatic rings. The second kappa shape index (κ2) is 8.84. The average Bonchev–Trinajstić information content (AvgIpc) is 2.72. The molecule has 0 saturated carbocycles. The maximum atomic E-state index is 12.4. The molecular weight excluding hydrogens is 336 g/mol. The van der Waals surface area contributed by atoms with Crippen molar-refractivity contribution in [2.45, 2.75) is 31.9 Å². The van der Waals surface area contributed by atoms with Crippen molar-refractivity contribution in [1.29, 1.82) is 0 Å². The van der Waals surface area contributed by atoms with Gasteiger partial charge in [-0.15, -0.1) is 0 Å². The maximum Gasteiger partial charge on any atom is 0.336 e. The van der Waals surface area contributed by atoms with Gasteiger partial charge in [-0.1, -0.05) is 0 Å². The number of nitrogens with one attached hydrogen (secondary N) is 1. The van der Waals surface area contributed by atoms with Crippen LogP contribution in [0, 0.1) is 0 Å². The van der Waals surface area contributed by atoms with Crippen molar-refractivity contribution in [3.8, 4) is 0 Å². The van der Waals surface area contributed by atoms with Crippen molar-refractivity contribution in [3.63, 3.8) is 0 Å². The number of carbonyl (C=O) groups excluding carboxylic acids is 2. The highest BCUT2D eigenvalue weighted by atomic mass is 16.6. The van der Waals surface area contributed by atoms with Crippen LogP contribution < -0.4 is 10.2 Å². The number of rotatable bonds is 4.